The van der Waals surface area contributed by atoms with Crippen LogP contribution in [0.15, 0.2) is 18.2 Å². The molecule has 2 atom stereocenters. The van der Waals surface area contributed by atoms with Crippen molar-refractivity contribution >= 4 is 5.97 Å². The quantitative estimate of drug-likeness (QED) is 0.865. The molecule has 0 saturated heterocycles. The molecule has 1 aromatic carbocycles. The van der Waals surface area contributed by atoms with Gasteiger partial charge in [-0.3, -0.25) is 0 Å². The van der Waals surface area contributed by atoms with Gasteiger partial charge in [0.1, 0.15) is 11.5 Å². The van der Waals surface area contributed by atoms with Crippen molar-refractivity contribution in [2.24, 2.45) is 5.92 Å². The summed E-state index contributed by atoms with van der Waals surface area (Å²) in [5, 5.41) is 19.0. The summed E-state index contributed by atoms with van der Waals surface area (Å²) in [7, 11) is 0. The zero-order valence-electron chi connectivity index (χ0n) is 10.6. The molecule has 0 bridgehead atoms. The first-order chi connectivity index (χ1) is 8.49. The molecular weight excluding hydrogens is 232 g/mol. The Morgan fingerprint density at radius 1 is 1.56 bits per heavy atom. The molecule has 0 aromatic heterocycles. The van der Waals surface area contributed by atoms with E-state index in [4.69, 9.17) is 4.74 Å². The number of aliphatic carboxylic acids is 1. The van der Waals surface area contributed by atoms with Crippen LogP contribution < -0.4 is 4.74 Å². The fraction of sp³-hybridized carbons (Fsp3) is 0.500. The Labute approximate surface area is 106 Å². The third kappa shape index (κ3) is 1.92. The number of benzene rings is 1. The van der Waals surface area contributed by atoms with E-state index in [2.05, 4.69) is 0 Å². The lowest BCUT2D eigenvalue weighted by Crippen LogP contribution is -2.52. The third-order valence-electron chi connectivity index (χ3n) is 3.65. The van der Waals surface area contributed by atoms with E-state index in [0.717, 1.165) is 12.0 Å². The van der Waals surface area contributed by atoms with Crippen molar-refractivity contribution in [3.63, 3.8) is 0 Å². The third-order valence-corrected chi connectivity index (χ3v) is 3.65. The fourth-order valence-corrected chi connectivity index (χ4v) is 2.63. The Balaban J connectivity index is 2.44. The van der Waals surface area contributed by atoms with Crippen molar-refractivity contribution in [3.8, 4) is 11.5 Å². The molecule has 2 rings (SSSR count). The molecule has 1 aliphatic rings. The first-order valence-electron chi connectivity index (χ1n) is 6.24. The van der Waals surface area contributed by atoms with Crippen LogP contribution in [0.2, 0.25) is 0 Å². The van der Waals surface area contributed by atoms with Crippen LogP contribution in [-0.4, -0.2) is 21.8 Å². The standard InChI is InChI=1S/C14H18O4/c1-3-6-14(13(16)17)9(2)7-10-4-5-11(15)8-12(10)18-14/h4-5,8-9,15H,3,6-7H2,1-2H3,(H,16,17)/t9?,14-/m0/s1. The van der Waals surface area contributed by atoms with Gasteiger partial charge in [0.2, 0.25) is 5.60 Å². The minimum atomic E-state index is -1.17. The molecular formula is C14H18O4. The topological polar surface area (TPSA) is 66.8 Å². The number of rotatable bonds is 3. The van der Waals surface area contributed by atoms with Crippen LogP contribution in [0.25, 0.3) is 0 Å². The molecule has 1 unspecified atom stereocenters. The Kier molecular flexibility index (Phi) is 3.20. The highest BCUT2D eigenvalue weighted by Gasteiger charge is 2.48. The van der Waals surface area contributed by atoms with E-state index in [-0.39, 0.29) is 11.7 Å². The summed E-state index contributed by atoms with van der Waals surface area (Å²) in [6.45, 7) is 3.85. The lowest BCUT2D eigenvalue weighted by atomic mass is 9.78. The zero-order valence-corrected chi connectivity index (χ0v) is 10.6. The second-order valence-electron chi connectivity index (χ2n) is 4.94. The van der Waals surface area contributed by atoms with Gasteiger partial charge in [0.15, 0.2) is 0 Å². The molecule has 1 aromatic rings. The summed E-state index contributed by atoms with van der Waals surface area (Å²) in [6.07, 6.45) is 1.87. The molecule has 0 spiro atoms. The average molecular weight is 250 g/mol. The molecule has 0 aliphatic carbocycles. The largest absolute Gasteiger partial charge is 0.508 e. The number of hydrogen-bond donors (Lipinski definition) is 2. The van der Waals surface area contributed by atoms with Crippen LogP contribution in [0.4, 0.5) is 0 Å². The molecule has 0 fully saturated rings. The summed E-state index contributed by atoms with van der Waals surface area (Å²) in [4.78, 5) is 11.6. The smallest absolute Gasteiger partial charge is 0.348 e. The normalized spacial score (nSPS) is 26.2. The molecule has 4 nitrogen and oxygen atoms in total. The number of carbonyl (C=O) groups is 1. The van der Waals surface area contributed by atoms with Gasteiger partial charge >= 0.3 is 5.97 Å². The zero-order chi connectivity index (χ0) is 13.3. The van der Waals surface area contributed by atoms with Crippen molar-refractivity contribution in [2.75, 3.05) is 0 Å². The van der Waals surface area contributed by atoms with Gasteiger partial charge in [-0.05, 0) is 24.5 Å². The number of carboxylic acids is 1. The Hall–Kier alpha value is -1.71. The fourth-order valence-electron chi connectivity index (χ4n) is 2.63. The highest BCUT2D eigenvalue weighted by Crippen LogP contribution is 2.41. The average Bonchev–Trinajstić information content (AvgIpc) is 2.30. The van der Waals surface area contributed by atoms with Crippen molar-refractivity contribution in [2.45, 2.75) is 38.7 Å². The number of ether oxygens (including phenoxy) is 1. The lowest BCUT2D eigenvalue weighted by Gasteiger charge is -2.40. The monoisotopic (exact) mass is 250 g/mol. The second kappa shape index (κ2) is 4.52. The molecule has 98 valence electrons. The maximum Gasteiger partial charge on any atom is 0.348 e. The van der Waals surface area contributed by atoms with Crippen molar-refractivity contribution in [1.29, 1.82) is 0 Å². The SMILES string of the molecule is CCC[C@]1(C(=O)O)Oc2cc(O)ccc2CC1C. The van der Waals surface area contributed by atoms with Crippen molar-refractivity contribution < 1.29 is 19.7 Å². The first kappa shape index (κ1) is 12.7. The molecule has 0 amide bonds. The molecule has 0 saturated carbocycles. The Morgan fingerprint density at radius 3 is 2.89 bits per heavy atom. The van der Waals surface area contributed by atoms with E-state index in [1.54, 1.807) is 12.1 Å². The first-order valence-corrected chi connectivity index (χ1v) is 6.24. The van der Waals surface area contributed by atoms with Crippen LogP contribution in [-0.2, 0) is 11.2 Å². The summed E-state index contributed by atoms with van der Waals surface area (Å²) >= 11 is 0. The number of hydrogen-bond acceptors (Lipinski definition) is 3. The number of fused-ring (bicyclic) bond motifs is 1. The summed E-state index contributed by atoms with van der Waals surface area (Å²) < 4.78 is 5.75. The van der Waals surface area contributed by atoms with E-state index in [9.17, 15) is 15.0 Å². The van der Waals surface area contributed by atoms with Gasteiger partial charge in [-0.25, -0.2) is 4.79 Å². The van der Waals surface area contributed by atoms with Crippen LogP contribution in [0.3, 0.4) is 0 Å². The minimum Gasteiger partial charge on any atom is -0.508 e. The highest BCUT2D eigenvalue weighted by molar-refractivity contribution is 5.79. The van der Waals surface area contributed by atoms with Gasteiger partial charge in [-0.1, -0.05) is 26.3 Å². The summed E-state index contributed by atoms with van der Waals surface area (Å²) in [6, 6.07) is 4.88. The predicted octanol–water partition coefficient (Wildman–Crippen LogP) is 2.59. The lowest BCUT2D eigenvalue weighted by molar-refractivity contribution is -0.162. The minimum absolute atomic E-state index is 0.0907. The number of phenolic OH excluding ortho intramolecular Hbond substituents is 1. The molecule has 1 heterocycles. The molecule has 2 N–H and O–H groups in total. The van der Waals surface area contributed by atoms with Crippen LogP contribution in [0.5, 0.6) is 11.5 Å². The number of phenols is 1. The van der Waals surface area contributed by atoms with Gasteiger partial charge in [-0.15, -0.1) is 0 Å². The van der Waals surface area contributed by atoms with E-state index in [1.807, 2.05) is 13.8 Å². The van der Waals surface area contributed by atoms with Crippen molar-refractivity contribution in [3.05, 3.63) is 23.8 Å². The van der Waals surface area contributed by atoms with Crippen molar-refractivity contribution in [1.82, 2.24) is 0 Å². The number of aromatic hydroxyl groups is 1. The predicted molar refractivity (Wildman–Crippen MR) is 66.9 cm³/mol. The summed E-state index contributed by atoms with van der Waals surface area (Å²) in [5.74, 6) is -0.430. The Bertz CT molecular complexity index is 469. The van der Waals surface area contributed by atoms with Gasteiger partial charge in [-0.2, -0.15) is 0 Å². The molecule has 0 radical (unpaired) electrons. The molecule has 18 heavy (non-hydrogen) atoms. The van der Waals surface area contributed by atoms with E-state index in [0.29, 0.717) is 18.6 Å². The highest BCUT2D eigenvalue weighted by atomic mass is 16.5. The Morgan fingerprint density at radius 2 is 2.28 bits per heavy atom. The van der Waals surface area contributed by atoms with Gasteiger partial charge < -0.3 is 14.9 Å². The maximum absolute atomic E-state index is 11.6. The van der Waals surface area contributed by atoms with E-state index >= 15 is 0 Å². The van der Waals surface area contributed by atoms with E-state index < -0.39 is 11.6 Å². The van der Waals surface area contributed by atoms with E-state index in [1.165, 1.54) is 6.07 Å². The maximum atomic E-state index is 11.6. The molecule has 1 aliphatic heterocycles. The van der Waals surface area contributed by atoms with Crippen LogP contribution >= 0.6 is 0 Å². The van der Waals surface area contributed by atoms with Gasteiger partial charge in [0, 0.05) is 12.0 Å². The second-order valence-corrected chi connectivity index (χ2v) is 4.94. The molecule has 4 heteroatoms. The summed E-state index contributed by atoms with van der Waals surface area (Å²) in [5.41, 5.74) is -0.219. The van der Waals surface area contributed by atoms with Gasteiger partial charge in [0.05, 0.1) is 0 Å². The van der Waals surface area contributed by atoms with Crippen LogP contribution in [0, 0.1) is 5.92 Å². The number of carboxylic acid groups (broad SMARTS) is 1. The van der Waals surface area contributed by atoms with Crippen LogP contribution in [0.1, 0.15) is 32.3 Å². The van der Waals surface area contributed by atoms with Gasteiger partial charge in [0.25, 0.3) is 0 Å².